The molecule has 1 fully saturated rings. The molecular weight excluding hydrogens is 604 g/mol. The number of alkyl carbamates (subject to hydrolysis) is 1. The molecule has 46 heavy (non-hydrogen) atoms. The Morgan fingerprint density at radius 2 is 1.52 bits per heavy atom. The summed E-state index contributed by atoms with van der Waals surface area (Å²) in [6.45, 7) is 1.84. The summed E-state index contributed by atoms with van der Waals surface area (Å²) in [7, 11) is -2.59. The number of nitrogens with zero attached hydrogens (tertiary/aromatic N) is 1. The van der Waals surface area contributed by atoms with Crippen LogP contribution in [0.4, 0.5) is 10.5 Å². The summed E-state index contributed by atoms with van der Waals surface area (Å²) >= 11 is 0. The molecule has 0 radical (unpaired) electrons. The lowest BCUT2D eigenvalue weighted by atomic mass is 9.84. The van der Waals surface area contributed by atoms with Crippen molar-refractivity contribution in [2.24, 2.45) is 5.92 Å². The van der Waals surface area contributed by atoms with Gasteiger partial charge >= 0.3 is 6.09 Å². The van der Waals surface area contributed by atoms with E-state index in [1.165, 1.54) is 23.5 Å². The van der Waals surface area contributed by atoms with Crippen LogP contribution < -0.4 is 16.4 Å². The van der Waals surface area contributed by atoms with Gasteiger partial charge in [-0.25, -0.2) is 13.2 Å². The van der Waals surface area contributed by atoms with Crippen molar-refractivity contribution in [2.45, 2.75) is 74.4 Å². The molecule has 0 unspecified atom stereocenters. The average molecular weight is 651 g/mol. The Balaban J connectivity index is 1.51. The number of rotatable bonds is 17. The molecule has 1 aliphatic carbocycles. The van der Waals surface area contributed by atoms with Gasteiger partial charge in [0, 0.05) is 30.2 Å². The Labute approximate surface area is 272 Å². The van der Waals surface area contributed by atoms with E-state index in [1.54, 1.807) is 12.1 Å². The lowest BCUT2D eigenvalue weighted by molar-refractivity contribution is -0.124. The number of ether oxygens (including phenoxy) is 1. The fourth-order valence-electron chi connectivity index (χ4n) is 5.98. The molecule has 0 heterocycles. The predicted octanol–water partition coefficient (Wildman–Crippen LogP) is 4.65. The minimum absolute atomic E-state index is 0.132. The highest BCUT2D eigenvalue weighted by Crippen LogP contribution is 2.36. The second-order valence-electron chi connectivity index (χ2n) is 11.8. The van der Waals surface area contributed by atoms with E-state index in [0.29, 0.717) is 31.4 Å². The van der Waals surface area contributed by atoms with E-state index >= 15 is 0 Å². The van der Waals surface area contributed by atoms with Crippen LogP contribution >= 0.6 is 0 Å². The summed E-state index contributed by atoms with van der Waals surface area (Å²) in [4.78, 5) is 26.7. The second kappa shape index (κ2) is 16.6. The molecule has 5 N–H and O–H groups in total. The molecule has 4 rings (SSSR count). The van der Waals surface area contributed by atoms with Crippen LogP contribution in [0.25, 0.3) is 0 Å². The largest absolute Gasteiger partial charge is 0.453 e. The number of hydrogen-bond acceptors (Lipinski definition) is 7. The van der Waals surface area contributed by atoms with E-state index in [4.69, 9.17) is 10.5 Å². The number of sulfonamides is 1. The molecule has 2 amide bonds. The molecule has 3 aromatic carbocycles. The number of amides is 2. The number of carbonyl (C=O) groups excluding carboxylic acids is 2. The van der Waals surface area contributed by atoms with Crippen LogP contribution in [0.3, 0.4) is 0 Å². The number of aliphatic hydroxyl groups is 1. The number of hydrogen-bond donors (Lipinski definition) is 4. The van der Waals surface area contributed by atoms with Gasteiger partial charge in [0.05, 0.1) is 18.6 Å². The lowest BCUT2D eigenvalue weighted by Gasteiger charge is -2.31. The summed E-state index contributed by atoms with van der Waals surface area (Å²) in [6.07, 6.45) is 3.43. The maximum atomic E-state index is 14.1. The number of methoxy groups -OCH3 is 1. The molecular formula is C35H46N4O6S. The molecule has 1 aliphatic rings. The van der Waals surface area contributed by atoms with Gasteiger partial charge in [-0.15, -0.1) is 0 Å². The third-order valence-corrected chi connectivity index (χ3v) is 10.5. The molecule has 3 aromatic rings. The van der Waals surface area contributed by atoms with Gasteiger partial charge in [-0.05, 0) is 79.8 Å². The van der Waals surface area contributed by atoms with Gasteiger partial charge in [0.1, 0.15) is 6.04 Å². The number of benzene rings is 3. The summed E-state index contributed by atoms with van der Waals surface area (Å²) in [5.41, 5.74) is 7.98. The average Bonchev–Trinajstić information content (AvgIpc) is 3.92. The van der Waals surface area contributed by atoms with Gasteiger partial charge < -0.3 is 26.2 Å². The van der Waals surface area contributed by atoms with E-state index in [2.05, 4.69) is 10.6 Å². The molecule has 10 nitrogen and oxygen atoms in total. The maximum Gasteiger partial charge on any atom is 0.407 e. The van der Waals surface area contributed by atoms with E-state index in [9.17, 15) is 23.1 Å². The van der Waals surface area contributed by atoms with Crippen molar-refractivity contribution in [3.63, 3.8) is 0 Å². The Hall–Kier alpha value is -3.93. The zero-order chi connectivity index (χ0) is 33.1. The van der Waals surface area contributed by atoms with Crippen molar-refractivity contribution in [1.82, 2.24) is 14.9 Å². The van der Waals surface area contributed by atoms with Crippen LogP contribution in [0, 0.1) is 5.92 Å². The molecule has 11 heteroatoms. The topological polar surface area (TPSA) is 151 Å². The smallest absolute Gasteiger partial charge is 0.407 e. The van der Waals surface area contributed by atoms with Gasteiger partial charge in [-0.3, -0.25) is 4.79 Å². The van der Waals surface area contributed by atoms with Crippen molar-refractivity contribution in [3.05, 3.63) is 96.1 Å². The van der Waals surface area contributed by atoms with Gasteiger partial charge in [-0.2, -0.15) is 4.31 Å². The number of anilines is 1. The molecule has 0 saturated heterocycles. The van der Waals surface area contributed by atoms with Crippen LogP contribution in [0.1, 0.15) is 62.5 Å². The molecule has 0 aliphatic heterocycles. The first-order chi connectivity index (χ1) is 22.2. The third kappa shape index (κ3) is 9.08. The highest BCUT2D eigenvalue weighted by Gasteiger charge is 2.38. The molecule has 3 atom stereocenters. The molecule has 0 aromatic heterocycles. The molecule has 248 valence electrons. The normalized spacial score (nSPS) is 15.2. The lowest BCUT2D eigenvalue weighted by Crippen LogP contribution is -2.53. The first-order valence-electron chi connectivity index (χ1n) is 15.9. The summed E-state index contributed by atoms with van der Waals surface area (Å²) < 4.78 is 33.4. The van der Waals surface area contributed by atoms with Crippen LogP contribution in [-0.2, 0) is 19.6 Å². The molecule has 0 bridgehead atoms. The maximum absolute atomic E-state index is 14.1. The van der Waals surface area contributed by atoms with Crippen molar-refractivity contribution < 1.29 is 27.9 Å². The van der Waals surface area contributed by atoms with Crippen LogP contribution in [0.15, 0.2) is 89.8 Å². The summed E-state index contributed by atoms with van der Waals surface area (Å²) in [6, 6.07) is 23.5. The second-order valence-corrected chi connectivity index (χ2v) is 13.7. The SMILES string of the molecule is CCCN([C@H](CO)CCC[C@@H](NC(=O)[C@@H](NC(=O)OC)C(c1ccccc1)c1ccccc1)C1CC1)S(=O)(=O)c1ccc(N)cc1. The fourth-order valence-corrected chi connectivity index (χ4v) is 7.71. The van der Waals surface area contributed by atoms with Crippen LogP contribution in [0.2, 0.25) is 0 Å². The quantitative estimate of drug-likeness (QED) is 0.155. The van der Waals surface area contributed by atoms with Crippen molar-refractivity contribution in [1.29, 1.82) is 0 Å². The highest BCUT2D eigenvalue weighted by atomic mass is 32.2. The van der Waals surface area contributed by atoms with Crippen molar-refractivity contribution in [2.75, 3.05) is 26.0 Å². The van der Waals surface area contributed by atoms with E-state index < -0.39 is 34.1 Å². The first-order valence-corrected chi connectivity index (χ1v) is 17.4. The number of aliphatic hydroxyl groups excluding tert-OH is 1. The van der Waals surface area contributed by atoms with Gasteiger partial charge in [0.2, 0.25) is 15.9 Å². The minimum atomic E-state index is -3.86. The van der Waals surface area contributed by atoms with E-state index in [0.717, 1.165) is 24.0 Å². The minimum Gasteiger partial charge on any atom is -0.453 e. The molecule has 1 saturated carbocycles. The monoisotopic (exact) mass is 650 g/mol. The van der Waals surface area contributed by atoms with Gasteiger partial charge in [-0.1, -0.05) is 67.6 Å². The van der Waals surface area contributed by atoms with E-state index in [-0.39, 0.29) is 35.9 Å². The first kappa shape index (κ1) is 34.9. The number of nitrogens with one attached hydrogen (secondary N) is 2. The number of nitrogen functional groups attached to an aromatic ring is 1. The van der Waals surface area contributed by atoms with Crippen LogP contribution in [-0.4, -0.2) is 68.2 Å². The van der Waals surface area contributed by atoms with Crippen molar-refractivity contribution in [3.8, 4) is 0 Å². The summed E-state index contributed by atoms with van der Waals surface area (Å²) in [5, 5.41) is 16.3. The fraction of sp³-hybridized carbons (Fsp3) is 0.429. The van der Waals surface area contributed by atoms with Gasteiger partial charge in [0.15, 0.2) is 0 Å². The standard InChI is InChI=1S/C35H46N4O6S/c1-3-23-39(46(43,44)30-21-19-28(36)20-22-30)29(24-40)15-10-16-31(25-17-18-25)37-34(41)33(38-35(42)45-2)32(26-11-6-4-7-12-26)27-13-8-5-9-14-27/h4-9,11-14,19-22,25,29,31-33,40H,3,10,15-18,23-24,36H2,1-2H3,(H,37,41)(H,38,42)/t29-,31+,33-/m0/s1. The Kier molecular flexibility index (Phi) is 12.6. The zero-order valence-corrected chi connectivity index (χ0v) is 27.4. The van der Waals surface area contributed by atoms with Gasteiger partial charge in [0.25, 0.3) is 0 Å². The third-order valence-electron chi connectivity index (χ3n) is 8.51. The molecule has 0 spiro atoms. The Morgan fingerprint density at radius 3 is 2.02 bits per heavy atom. The highest BCUT2D eigenvalue weighted by molar-refractivity contribution is 7.89. The van der Waals surface area contributed by atoms with Crippen molar-refractivity contribution >= 4 is 27.7 Å². The zero-order valence-electron chi connectivity index (χ0n) is 26.5. The number of carbonyl (C=O) groups is 2. The Morgan fingerprint density at radius 1 is 0.935 bits per heavy atom. The number of nitrogens with two attached hydrogens (primary N) is 1. The Bertz CT molecular complexity index is 1460. The summed E-state index contributed by atoms with van der Waals surface area (Å²) in [5.74, 6) is -0.508. The van der Waals surface area contributed by atoms with Crippen LogP contribution in [0.5, 0.6) is 0 Å². The predicted molar refractivity (Wildman–Crippen MR) is 178 cm³/mol. The van der Waals surface area contributed by atoms with E-state index in [1.807, 2.05) is 67.6 Å².